The second-order valence-corrected chi connectivity index (χ2v) is 5.54. The number of H-pyrrole nitrogens is 1. The number of benzene rings is 1. The van der Waals surface area contributed by atoms with Crippen LogP contribution in [0.3, 0.4) is 0 Å². The first-order valence-electron chi connectivity index (χ1n) is 5.37. The zero-order valence-corrected chi connectivity index (χ0v) is 13.4. The number of methoxy groups -OCH3 is 1. The van der Waals surface area contributed by atoms with Crippen molar-refractivity contribution in [3.63, 3.8) is 0 Å². The average molecular weight is 389 g/mol. The smallest absolute Gasteiger partial charge is 0.259 e. The maximum atomic E-state index is 12.1. The van der Waals surface area contributed by atoms with Crippen molar-refractivity contribution in [2.24, 2.45) is 0 Å². The number of aromatic nitrogens is 2. The van der Waals surface area contributed by atoms with Crippen molar-refractivity contribution in [3.05, 3.63) is 38.5 Å². The van der Waals surface area contributed by atoms with Crippen LogP contribution < -0.4 is 10.1 Å². The average Bonchev–Trinajstić information content (AvgIpc) is 2.79. The maximum Gasteiger partial charge on any atom is 0.259 e. The van der Waals surface area contributed by atoms with Crippen molar-refractivity contribution in [3.8, 4) is 5.75 Å². The summed E-state index contributed by atoms with van der Waals surface area (Å²) in [5.74, 6) is 0.416. The summed E-state index contributed by atoms with van der Waals surface area (Å²) in [7, 11) is 1.57. The number of aryl methyl sites for hydroxylation is 1. The Bertz CT molecular complexity index is 625. The van der Waals surface area contributed by atoms with E-state index in [9.17, 15) is 4.79 Å². The molecule has 0 bridgehead atoms. The van der Waals surface area contributed by atoms with E-state index in [4.69, 9.17) is 4.74 Å². The van der Waals surface area contributed by atoms with Crippen molar-refractivity contribution in [1.82, 2.24) is 10.2 Å². The lowest BCUT2D eigenvalue weighted by molar-refractivity contribution is 0.102. The van der Waals surface area contributed by atoms with E-state index in [0.717, 1.165) is 14.6 Å². The number of carbonyl (C=O) groups is 1. The highest BCUT2D eigenvalue weighted by Gasteiger charge is 2.14. The van der Waals surface area contributed by atoms with Gasteiger partial charge in [0, 0.05) is 16.2 Å². The minimum Gasteiger partial charge on any atom is -0.495 e. The van der Waals surface area contributed by atoms with Gasteiger partial charge in [-0.1, -0.05) is 0 Å². The number of amides is 1. The van der Waals surface area contributed by atoms with Crippen LogP contribution in [0.2, 0.25) is 0 Å². The van der Waals surface area contributed by atoms with E-state index in [0.29, 0.717) is 17.0 Å². The Balaban J connectivity index is 2.29. The summed E-state index contributed by atoms with van der Waals surface area (Å²) in [6.45, 7) is 1.79. The van der Waals surface area contributed by atoms with Gasteiger partial charge in [0.1, 0.15) is 5.75 Å². The number of anilines is 1. The Hall–Kier alpha value is -1.34. The molecule has 0 atom stereocenters. The van der Waals surface area contributed by atoms with Crippen LogP contribution in [0.5, 0.6) is 5.75 Å². The van der Waals surface area contributed by atoms with Crippen molar-refractivity contribution in [2.75, 3.05) is 12.4 Å². The molecule has 0 aliphatic heterocycles. The molecule has 2 N–H and O–H groups in total. The van der Waals surface area contributed by atoms with Gasteiger partial charge in [-0.2, -0.15) is 5.10 Å². The third-order valence-corrected chi connectivity index (χ3v) is 3.84. The molecule has 100 valence electrons. The second-order valence-electron chi connectivity index (χ2n) is 3.83. The predicted molar refractivity (Wildman–Crippen MR) is 79.7 cm³/mol. The number of nitrogens with zero attached hydrogens (tertiary/aromatic N) is 1. The Labute approximate surface area is 127 Å². The number of ether oxygens (including phenoxy) is 1. The molecule has 2 rings (SSSR count). The molecule has 0 saturated heterocycles. The molecule has 1 amide bonds. The minimum absolute atomic E-state index is 0.226. The highest BCUT2D eigenvalue weighted by atomic mass is 79.9. The Morgan fingerprint density at radius 1 is 1.37 bits per heavy atom. The van der Waals surface area contributed by atoms with Gasteiger partial charge in [0.05, 0.1) is 29.0 Å². The molecule has 2 aromatic rings. The van der Waals surface area contributed by atoms with Gasteiger partial charge in [0.2, 0.25) is 0 Å². The fraction of sp³-hybridized carbons (Fsp3) is 0.167. The van der Waals surface area contributed by atoms with Gasteiger partial charge < -0.3 is 10.1 Å². The minimum atomic E-state index is -0.226. The van der Waals surface area contributed by atoms with Crippen molar-refractivity contribution in [2.45, 2.75) is 6.92 Å². The van der Waals surface area contributed by atoms with Gasteiger partial charge >= 0.3 is 0 Å². The summed E-state index contributed by atoms with van der Waals surface area (Å²) in [5, 5.41) is 9.36. The topological polar surface area (TPSA) is 67.0 Å². The van der Waals surface area contributed by atoms with E-state index in [2.05, 4.69) is 47.4 Å². The molecule has 0 aliphatic carbocycles. The highest BCUT2D eigenvalue weighted by Crippen LogP contribution is 2.34. The van der Waals surface area contributed by atoms with Gasteiger partial charge in [-0.05, 0) is 44.8 Å². The van der Waals surface area contributed by atoms with E-state index in [1.54, 1.807) is 20.1 Å². The molecule has 7 heteroatoms. The van der Waals surface area contributed by atoms with E-state index in [1.165, 1.54) is 6.20 Å². The summed E-state index contributed by atoms with van der Waals surface area (Å²) in [6.07, 6.45) is 1.49. The molecule has 1 aromatic carbocycles. The molecule has 0 saturated carbocycles. The number of nitrogens with one attached hydrogen (secondary N) is 2. The van der Waals surface area contributed by atoms with E-state index >= 15 is 0 Å². The van der Waals surface area contributed by atoms with Crippen LogP contribution in [-0.2, 0) is 0 Å². The molecule has 0 fully saturated rings. The molecule has 19 heavy (non-hydrogen) atoms. The Morgan fingerprint density at radius 3 is 2.68 bits per heavy atom. The third-order valence-electron chi connectivity index (χ3n) is 2.56. The quantitative estimate of drug-likeness (QED) is 0.845. The van der Waals surface area contributed by atoms with Crippen molar-refractivity contribution < 1.29 is 9.53 Å². The van der Waals surface area contributed by atoms with Crippen molar-refractivity contribution in [1.29, 1.82) is 0 Å². The van der Waals surface area contributed by atoms with Crippen molar-refractivity contribution >= 4 is 43.5 Å². The van der Waals surface area contributed by atoms with Gasteiger partial charge in [-0.3, -0.25) is 9.89 Å². The largest absolute Gasteiger partial charge is 0.495 e. The van der Waals surface area contributed by atoms with Crippen LogP contribution in [0, 0.1) is 6.92 Å². The highest BCUT2D eigenvalue weighted by molar-refractivity contribution is 9.11. The molecule has 1 aromatic heterocycles. The first kappa shape index (κ1) is 14.1. The molecule has 1 heterocycles. The Morgan fingerprint density at radius 2 is 2.11 bits per heavy atom. The van der Waals surface area contributed by atoms with Gasteiger partial charge in [0.15, 0.2) is 0 Å². The van der Waals surface area contributed by atoms with Crippen LogP contribution in [0.15, 0.2) is 27.3 Å². The number of aromatic amines is 1. The first-order chi connectivity index (χ1) is 9.02. The monoisotopic (exact) mass is 387 g/mol. The summed E-state index contributed by atoms with van der Waals surface area (Å²) in [6, 6.07) is 3.55. The number of hydrogen-bond donors (Lipinski definition) is 2. The van der Waals surface area contributed by atoms with Gasteiger partial charge in [0.25, 0.3) is 5.91 Å². The fourth-order valence-electron chi connectivity index (χ4n) is 1.55. The summed E-state index contributed by atoms with van der Waals surface area (Å²) in [4.78, 5) is 12.1. The molecular formula is C12H11Br2N3O2. The molecule has 0 unspecified atom stereocenters. The lowest BCUT2D eigenvalue weighted by Crippen LogP contribution is -2.12. The molecule has 0 radical (unpaired) electrons. The van der Waals surface area contributed by atoms with E-state index in [-0.39, 0.29) is 5.91 Å². The summed E-state index contributed by atoms with van der Waals surface area (Å²) >= 11 is 6.77. The standard InChI is InChI=1S/C12H11Br2N3O2/c1-6-7(5-15-17-6)12(18)16-10-4-11(19-2)9(14)3-8(10)13/h3-5H,1-2H3,(H,15,17)(H,16,18). The number of carbonyl (C=O) groups excluding carboxylic acids is 1. The zero-order valence-electron chi connectivity index (χ0n) is 10.3. The van der Waals surface area contributed by atoms with Crippen LogP contribution in [0.25, 0.3) is 0 Å². The molecule has 0 aliphatic rings. The predicted octanol–water partition coefficient (Wildman–Crippen LogP) is 3.50. The van der Waals surface area contributed by atoms with E-state index in [1.807, 2.05) is 6.07 Å². The normalized spacial score (nSPS) is 10.3. The first-order valence-corrected chi connectivity index (χ1v) is 6.96. The maximum absolute atomic E-state index is 12.1. The Kier molecular flexibility index (Phi) is 4.26. The van der Waals surface area contributed by atoms with E-state index < -0.39 is 0 Å². The second kappa shape index (κ2) is 5.75. The van der Waals surface area contributed by atoms with Crippen LogP contribution in [-0.4, -0.2) is 23.2 Å². The SMILES string of the molecule is COc1cc(NC(=O)c2cn[nH]c2C)c(Br)cc1Br. The molecule has 5 nitrogen and oxygen atoms in total. The number of hydrogen-bond acceptors (Lipinski definition) is 3. The van der Waals surface area contributed by atoms with Gasteiger partial charge in [-0.25, -0.2) is 0 Å². The number of halogens is 2. The fourth-order valence-corrected chi connectivity index (χ4v) is 2.81. The molecule has 0 spiro atoms. The lowest BCUT2D eigenvalue weighted by atomic mass is 10.2. The van der Waals surface area contributed by atoms with Gasteiger partial charge in [-0.15, -0.1) is 0 Å². The van der Waals surface area contributed by atoms with Crippen LogP contribution in [0.4, 0.5) is 5.69 Å². The lowest BCUT2D eigenvalue weighted by Gasteiger charge is -2.10. The zero-order chi connectivity index (χ0) is 14.0. The van der Waals surface area contributed by atoms with Crippen LogP contribution >= 0.6 is 31.9 Å². The third kappa shape index (κ3) is 2.98. The summed E-state index contributed by atoms with van der Waals surface area (Å²) in [5.41, 5.74) is 1.86. The summed E-state index contributed by atoms with van der Waals surface area (Å²) < 4.78 is 6.76. The molecular weight excluding hydrogens is 378 g/mol. The number of rotatable bonds is 3. The van der Waals surface area contributed by atoms with Crippen LogP contribution in [0.1, 0.15) is 16.1 Å².